The Morgan fingerprint density at radius 1 is 0.339 bits per heavy atom. The molecule has 0 spiro atoms. The molecule has 0 heterocycles. The van der Waals surface area contributed by atoms with Crippen molar-refractivity contribution < 1.29 is 0 Å². The maximum absolute atomic E-state index is 2.41. The van der Waals surface area contributed by atoms with Gasteiger partial charge < -0.3 is 0 Å². The molecular weight excluding hydrogens is 673 g/mol. The Kier molecular flexibility index (Phi) is 6.86. The minimum absolute atomic E-state index is 0.341. The summed E-state index contributed by atoms with van der Waals surface area (Å²) < 4.78 is 0. The first kappa shape index (κ1) is 31.3. The third-order valence-corrected chi connectivity index (χ3v) is 12.6. The highest BCUT2D eigenvalue weighted by Crippen LogP contribution is 2.52. The molecule has 9 aromatic rings. The van der Waals surface area contributed by atoms with Crippen LogP contribution in [0.2, 0.25) is 0 Å². The fourth-order valence-corrected chi connectivity index (χ4v) is 9.96. The predicted octanol–water partition coefficient (Wildman–Crippen LogP) is 15.0. The van der Waals surface area contributed by atoms with Crippen LogP contribution in [0, 0.1) is 5.92 Å². The summed E-state index contributed by atoms with van der Waals surface area (Å²) in [6.07, 6.45) is 14.2. The fraction of sp³-hybridized carbons (Fsp3) is 0.0357. The largest absolute Gasteiger partial charge is 0.0760 e. The summed E-state index contributed by atoms with van der Waals surface area (Å²) in [4.78, 5) is 0. The van der Waals surface area contributed by atoms with E-state index in [4.69, 9.17) is 0 Å². The van der Waals surface area contributed by atoms with E-state index in [0.29, 0.717) is 11.8 Å². The van der Waals surface area contributed by atoms with Gasteiger partial charge in [-0.05, 0) is 110 Å². The monoisotopic (exact) mass is 708 g/mol. The lowest BCUT2D eigenvalue weighted by Crippen LogP contribution is -2.22. The van der Waals surface area contributed by atoms with Crippen molar-refractivity contribution in [2.75, 3.05) is 0 Å². The number of hydrogen-bond acceptors (Lipinski definition) is 0. The molecular formula is C56H36. The van der Waals surface area contributed by atoms with E-state index in [1.807, 2.05) is 0 Å². The standard InChI is InChI=1S/C56H36/c1-3-7-37(8-4-1)45-27-19-41-25-33-51-47(29-21-43-23-31-49(45)53(41)55(43)51)39-15-11-35(12-16-39)36-13-17-40(18-14-36)48-30-22-44-24-32-50-46(38-9-5-2-6-10-38)28-20-42-26-34-52(48)56(44)54(42)50/h1-34,41,53H. The summed E-state index contributed by atoms with van der Waals surface area (Å²) >= 11 is 0. The van der Waals surface area contributed by atoms with E-state index in [1.54, 1.807) is 0 Å². The summed E-state index contributed by atoms with van der Waals surface area (Å²) in [5, 5.41) is 7.88. The fourth-order valence-electron chi connectivity index (χ4n) is 9.96. The molecule has 3 aliphatic carbocycles. The van der Waals surface area contributed by atoms with Gasteiger partial charge in [0.15, 0.2) is 0 Å². The van der Waals surface area contributed by atoms with Crippen LogP contribution in [0.1, 0.15) is 28.2 Å². The first-order valence-electron chi connectivity index (χ1n) is 19.7. The minimum Gasteiger partial charge on any atom is -0.0760 e. The Bertz CT molecular complexity index is 3140. The molecule has 0 aliphatic heterocycles. The molecule has 0 amide bonds. The van der Waals surface area contributed by atoms with Crippen molar-refractivity contribution in [3.05, 3.63) is 222 Å². The Labute approximate surface area is 327 Å². The maximum atomic E-state index is 2.41. The molecule has 9 aromatic carbocycles. The summed E-state index contributed by atoms with van der Waals surface area (Å²) in [5.74, 6) is 0.719. The zero-order valence-electron chi connectivity index (χ0n) is 30.8. The molecule has 0 bridgehead atoms. The van der Waals surface area contributed by atoms with E-state index in [-0.39, 0.29) is 0 Å². The van der Waals surface area contributed by atoms with Gasteiger partial charge in [-0.15, -0.1) is 0 Å². The van der Waals surface area contributed by atoms with Crippen LogP contribution in [0.15, 0.2) is 200 Å². The molecule has 0 aromatic heterocycles. The second kappa shape index (κ2) is 12.2. The van der Waals surface area contributed by atoms with E-state index < -0.39 is 0 Å². The normalized spacial score (nSPS) is 16.6. The van der Waals surface area contributed by atoms with Gasteiger partial charge in [-0.3, -0.25) is 0 Å². The van der Waals surface area contributed by atoms with E-state index in [2.05, 4.69) is 206 Å². The van der Waals surface area contributed by atoms with Crippen molar-refractivity contribution in [3.8, 4) is 44.5 Å². The molecule has 260 valence electrons. The average Bonchev–Trinajstić information content (AvgIpc) is 3.28. The maximum Gasteiger partial charge on any atom is 0.0205 e. The van der Waals surface area contributed by atoms with Crippen LogP contribution < -0.4 is 0 Å². The lowest BCUT2D eigenvalue weighted by molar-refractivity contribution is 0.668. The molecule has 0 saturated carbocycles. The number of hydrogen-bond donors (Lipinski definition) is 0. The van der Waals surface area contributed by atoms with Crippen LogP contribution >= 0.6 is 0 Å². The lowest BCUT2D eigenvalue weighted by Gasteiger charge is -2.37. The predicted molar refractivity (Wildman–Crippen MR) is 239 cm³/mol. The Morgan fingerprint density at radius 2 is 0.839 bits per heavy atom. The summed E-state index contributed by atoms with van der Waals surface area (Å²) in [6, 6.07) is 62.9. The van der Waals surface area contributed by atoms with Gasteiger partial charge in [0, 0.05) is 11.8 Å². The molecule has 2 unspecified atom stereocenters. The molecule has 0 N–H and O–H groups in total. The van der Waals surface area contributed by atoms with Gasteiger partial charge in [0.25, 0.3) is 0 Å². The summed E-state index contributed by atoms with van der Waals surface area (Å²) in [6.45, 7) is 0. The van der Waals surface area contributed by atoms with Crippen LogP contribution in [-0.4, -0.2) is 0 Å². The van der Waals surface area contributed by atoms with Crippen molar-refractivity contribution in [3.63, 3.8) is 0 Å². The molecule has 0 radical (unpaired) electrons. The molecule has 0 heteroatoms. The minimum atomic E-state index is 0.341. The lowest BCUT2D eigenvalue weighted by atomic mass is 9.66. The first-order chi connectivity index (χ1) is 27.8. The van der Waals surface area contributed by atoms with Crippen molar-refractivity contribution in [2.24, 2.45) is 5.92 Å². The van der Waals surface area contributed by atoms with Gasteiger partial charge in [-0.1, -0.05) is 206 Å². The Balaban J connectivity index is 0.881. The molecule has 12 rings (SSSR count). The zero-order valence-corrected chi connectivity index (χ0v) is 30.8. The topological polar surface area (TPSA) is 0 Å². The van der Waals surface area contributed by atoms with Crippen molar-refractivity contribution in [1.29, 1.82) is 0 Å². The Hall–Kier alpha value is -7.02. The van der Waals surface area contributed by atoms with Gasteiger partial charge in [0.1, 0.15) is 0 Å². The van der Waals surface area contributed by atoms with Crippen LogP contribution in [0.4, 0.5) is 0 Å². The smallest absolute Gasteiger partial charge is 0.0205 e. The average molecular weight is 709 g/mol. The second-order valence-corrected chi connectivity index (χ2v) is 15.5. The van der Waals surface area contributed by atoms with Crippen LogP contribution in [0.5, 0.6) is 0 Å². The van der Waals surface area contributed by atoms with Crippen molar-refractivity contribution >= 4 is 50.0 Å². The van der Waals surface area contributed by atoms with E-state index >= 15 is 0 Å². The second-order valence-electron chi connectivity index (χ2n) is 15.5. The SMILES string of the molecule is C1=CC2C=Cc3c(-c4ccc(-c5ccc(-c6ccc7ccc8c(-c9ccccc9)ccc9ccc6c7c98)cc5)cc4)ccc4c3C2C(=C1c1ccccc1)C=C4. The molecule has 3 aliphatic rings. The van der Waals surface area contributed by atoms with E-state index in [9.17, 15) is 0 Å². The Morgan fingerprint density at radius 3 is 1.46 bits per heavy atom. The van der Waals surface area contributed by atoms with Crippen LogP contribution in [0.25, 0.3) is 94.6 Å². The van der Waals surface area contributed by atoms with Crippen molar-refractivity contribution in [2.45, 2.75) is 5.92 Å². The number of allylic oxidation sites excluding steroid dienone is 6. The van der Waals surface area contributed by atoms with Gasteiger partial charge in [-0.2, -0.15) is 0 Å². The van der Waals surface area contributed by atoms with Gasteiger partial charge in [-0.25, -0.2) is 0 Å². The highest BCUT2D eigenvalue weighted by molar-refractivity contribution is 6.27. The number of rotatable bonds is 5. The summed E-state index contributed by atoms with van der Waals surface area (Å²) in [7, 11) is 0. The highest BCUT2D eigenvalue weighted by atomic mass is 14.4. The third-order valence-electron chi connectivity index (χ3n) is 12.6. The molecule has 0 nitrogen and oxygen atoms in total. The summed E-state index contributed by atoms with van der Waals surface area (Å²) in [5.41, 5.74) is 18.3. The number of benzene rings is 9. The van der Waals surface area contributed by atoms with Gasteiger partial charge in [0.05, 0.1) is 0 Å². The van der Waals surface area contributed by atoms with Crippen LogP contribution in [-0.2, 0) is 0 Å². The quantitative estimate of drug-likeness (QED) is 0.156. The first-order valence-corrected chi connectivity index (χ1v) is 19.7. The molecule has 0 saturated heterocycles. The van der Waals surface area contributed by atoms with E-state index in [0.717, 1.165) is 0 Å². The van der Waals surface area contributed by atoms with Crippen LogP contribution in [0.3, 0.4) is 0 Å². The molecule has 0 fully saturated rings. The highest BCUT2D eigenvalue weighted by Gasteiger charge is 2.35. The van der Waals surface area contributed by atoms with Crippen molar-refractivity contribution in [1.82, 2.24) is 0 Å². The van der Waals surface area contributed by atoms with E-state index in [1.165, 1.54) is 110 Å². The zero-order chi connectivity index (χ0) is 36.7. The molecule has 2 atom stereocenters. The van der Waals surface area contributed by atoms with Gasteiger partial charge in [0.2, 0.25) is 0 Å². The third kappa shape index (κ3) is 4.73. The molecule has 56 heavy (non-hydrogen) atoms. The van der Waals surface area contributed by atoms with Gasteiger partial charge >= 0.3 is 0 Å².